The van der Waals surface area contributed by atoms with Crippen LogP contribution in [-0.4, -0.2) is 0 Å². The van der Waals surface area contributed by atoms with E-state index in [1.165, 1.54) is 44.5 Å². The van der Waals surface area contributed by atoms with Crippen LogP contribution in [0, 0.1) is 0 Å². The largest absolute Gasteiger partial charge is 0.309 e. The molecular weight excluding hydrogens is 670 g/mol. The number of fused-ring (bicyclic) bond motifs is 6. The van der Waals surface area contributed by atoms with Crippen LogP contribution in [0.4, 0.5) is 0 Å². The van der Waals surface area contributed by atoms with Gasteiger partial charge in [0.2, 0.25) is 0 Å². The highest BCUT2D eigenvalue weighted by atomic mass is 31.2. The van der Waals surface area contributed by atoms with Gasteiger partial charge in [-0.25, -0.2) is 0 Å². The zero-order valence-electron chi connectivity index (χ0n) is 29.9. The molecule has 7 aromatic rings. The second kappa shape index (κ2) is 11.8. The van der Waals surface area contributed by atoms with E-state index in [0.29, 0.717) is 0 Å². The second-order valence-electron chi connectivity index (χ2n) is 15.2. The SMILES string of the molecule is CC1(C)c2cc(P(=O)(c3ccccc3)c3ccccc3)ccc2-c2cc3c(cc21)-c1ccc(P(=O)(c2ccccc2)c2ccccc2)cc1C3(C)C. The van der Waals surface area contributed by atoms with Crippen LogP contribution in [0.2, 0.25) is 0 Å². The van der Waals surface area contributed by atoms with Crippen LogP contribution in [0.5, 0.6) is 0 Å². The molecule has 0 radical (unpaired) electrons. The van der Waals surface area contributed by atoms with Gasteiger partial charge in [0.1, 0.15) is 0 Å². The summed E-state index contributed by atoms with van der Waals surface area (Å²) in [5, 5.41) is 5.09. The van der Waals surface area contributed by atoms with Gasteiger partial charge in [0.05, 0.1) is 0 Å². The summed E-state index contributed by atoms with van der Waals surface area (Å²) < 4.78 is 30.7. The van der Waals surface area contributed by atoms with E-state index in [1.54, 1.807) is 0 Å². The first-order chi connectivity index (χ1) is 25.1. The molecule has 0 spiro atoms. The molecule has 254 valence electrons. The minimum absolute atomic E-state index is 0.308. The highest BCUT2D eigenvalue weighted by Gasteiger charge is 2.43. The zero-order valence-corrected chi connectivity index (χ0v) is 31.7. The smallest absolute Gasteiger partial charge is 0.171 e. The molecule has 4 heteroatoms. The summed E-state index contributed by atoms with van der Waals surface area (Å²) >= 11 is 0. The van der Waals surface area contributed by atoms with Crippen LogP contribution in [-0.2, 0) is 20.0 Å². The lowest BCUT2D eigenvalue weighted by Crippen LogP contribution is -2.26. The Kier molecular flexibility index (Phi) is 7.44. The molecule has 9 rings (SSSR count). The van der Waals surface area contributed by atoms with Crippen molar-refractivity contribution < 1.29 is 9.13 Å². The van der Waals surface area contributed by atoms with Crippen molar-refractivity contribution in [1.29, 1.82) is 0 Å². The van der Waals surface area contributed by atoms with Gasteiger partial charge in [-0.3, -0.25) is 0 Å². The van der Waals surface area contributed by atoms with Crippen molar-refractivity contribution in [2.45, 2.75) is 38.5 Å². The zero-order chi connectivity index (χ0) is 35.9. The van der Waals surface area contributed by atoms with Crippen LogP contribution < -0.4 is 31.8 Å². The first-order valence-corrected chi connectivity index (χ1v) is 21.4. The fraction of sp³-hybridized carbons (Fsp3) is 0.125. The van der Waals surface area contributed by atoms with Gasteiger partial charge in [-0.15, -0.1) is 0 Å². The Hall–Kier alpha value is -5.00. The lowest BCUT2D eigenvalue weighted by atomic mass is 9.79. The third-order valence-electron chi connectivity index (χ3n) is 11.6. The maximum Gasteiger partial charge on any atom is 0.171 e. The molecule has 0 heterocycles. The van der Waals surface area contributed by atoms with Crippen LogP contribution >= 0.6 is 14.3 Å². The summed E-state index contributed by atoms with van der Waals surface area (Å²) in [6.07, 6.45) is 0. The molecule has 0 unspecified atom stereocenters. The molecule has 0 bridgehead atoms. The highest BCUT2D eigenvalue weighted by molar-refractivity contribution is 7.85. The van der Waals surface area contributed by atoms with Gasteiger partial charge in [0.25, 0.3) is 0 Å². The number of hydrogen-bond donors (Lipinski definition) is 0. The number of hydrogen-bond acceptors (Lipinski definition) is 2. The van der Waals surface area contributed by atoms with Crippen LogP contribution in [0.15, 0.2) is 170 Å². The average Bonchev–Trinajstić information content (AvgIpc) is 3.56. The minimum Gasteiger partial charge on any atom is -0.309 e. The van der Waals surface area contributed by atoms with Crippen molar-refractivity contribution in [2.24, 2.45) is 0 Å². The minimum atomic E-state index is -3.12. The van der Waals surface area contributed by atoms with E-state index in [9.17, 15) is 0 Å². The normalized spacial score (nSPS) is 15.0. The van der Waals surface area contributed by atoms with E-state index in [1.807, 2.05) is 121 Å². The molecular formula is C48H40O2P2. The Bertz CT molecular complexity index is 2340. The van der Waals surface area contributed by atoms with Crippen molar-refractivity contribution in [3.63, 3.8) is 0 Å². The third kappa shape index (κ3) is 4.64. The molecule has 0 amide bonds. The first-order valence-electron chi connectivity index (χ1n) is 18.0. The highest BCUT2D eigenvalue weighted by Crippen LogP contribution is 2.57. The van der Waals surface area contributed by atoms with E-state index < -0.39 is 14.3 Å². The summed E-state index contributed by atoms with van der Waals surface area (Å²) in [5.74, 6) is 0. The summed E-state index contributed by atoms with van der Waals surface area (Å²) in [7, 11) is -6.25. The van der Waals surface area contributed by atoms with E-state index >= 15 is 9.13 Å². The lowest BCUT2D eigenvalue weighted by molar-refractivity contribution is 0.591. The van der Waals surface area contributed by atoms with Gasteiger partial charge in [-0.2, -0.15) is 0 Å². The van der Waals surface area contributed by atoms with Crippen molar-refractivity contribution >= 4 is 46.1 Å². The molecule has 0 fully saturated rings. The fourth-order valence-corrected chi connectivity index (χ4v) is 14.1. The first kappa shape index (κ1) is 32.9. The summed E-state index contributed by atoms with van der Waals surface area (Å²) in [4.78, 5) is 0. The van der Waals surface area contributed by atoms with E-state index in [4.69, 9.17) is 0 Å². The maximum absolute atomic E-state index is 15.3. The fourth-order valence-electron chi connectivity index (χ4n) is 8.78. The average molecular weight is 711 g/mol. The van der Waals surface area contributed by atoms with Gasteiger partial charge in [-0.05, 0) is 68.8 Å². The molecule has 0 saturated carbocycles. The van der Waals surface area contributed by atoms with E-state index in [-0.39, 0.29) is 10.8 Å². The summed E-state index contributed by atoms with van der Waals surface area (Å²) in [6, 6.07) is 57.5. The van der Waals surface area contributed by atoms with Gasteiger partial charge in [-0.1, -0.05) is 173 Å². The predicted molar refractivity (Wildman–Crippen MR) is 220 cm³/mol. The van der Waals surface area contributed by atoms with Gasteiger partial charge in [0, 0.05) is 42.7 Å². The van der Waals surface area contributed by atoms with Gasteiger partial charge < -0.3 is 9.13 Å². The molecule has 52 heavy (non-hydrogen) atoms. The number of rotatable bonds is 6. The molecule has 0 saturated heterocycles. The van der Waals surface area contributed by atoms with E-state index in [2.05, 4.69) is 76.2 Å². The maximum atomic E-state index is 15.3. The van der Waals surface area contributed by atoms with E-state index in [0.717, 1.165) is 31.8 Å². The van der Waals surface area contributed by atoms with Crippen molar-refractivity contribution in [2.75, 3.05) is 0 Å². The standard InChI is InChI=1S/C48H40O2P2/c1-47(2)43-29-37(51(49,33-17-9-5-10-18-33)34-19-11-6-12-20-34)25-27-39(43)41-32-46-42(31-45(41)47)40-28-26-38(30-44(40)48(46,3)4)52(50,35-21-13-7-14-22-35)36-23-15-8-16-24-36/h5-32H,1-4H3. The predicted octanol–water partition coefficient (Wildman–Crippen LogP) is 9.58. The molecule has 0 aromatic heterocycles. The van der Waals surface area contributed by atoms with Gasteiger partial charge >= 0.3 is 0 Å². The Labute approximate surface area is 307 Å². The Morgan fingerprint density at radius 1 is 0.308 bits per heavy atom. The monoisotopic (exact) mass is 710 g/mol. The summed E-state index contributed by atoms with van der Waals surface area (Å²) in [6.45, 7) is 9.18. The third-order valence-corrected chi connectivity index (χ3v) is 17.8. The Morgan fingerprint density at radius 3 is 0.865 bits per heavy atom. The number of benzene rings is 7. The van der Waals surface area contributed by atoms with Crippen LogP contribution in [0.25, 0.3) is 22.3 Å². The molecule has 2 aliphatic carbocycles. The topological polar surface area (TPSA) is 34.1 Å². The van der Waals surface area contributed by atoms with Crippen LogP contribution in [0.3, 0.4) is 0 Å². The second-order valence-corrected chi connectivity index (χ2v) is 20.7. The Morgan fingerprint density at radius 2 is 0.577 bits per heavy atom. The summed E-state index contributed by atoms with van der Waals surface area (Å²) in [5.41, 5.74) is 9.22. The quantitative estimate of drug-likeness (QED) is 0.161. The van der Waals surface area contributed by atoms with Crippen molar-refractivity contribution in [3.8, 4) is 22.3 Å². The molecule has 2 nitrogen and oxygen atoms in total. The molecule has 0 aliphatic heterocycles. The molecule has 2 aliphatic rings. The molecule has 0 N–H and O–H groups in total. The van der Waals surface area contributed by atoms with Crippen LogP contribution in [0.1, 0.15) is 49.9 Å². The van der Waals surface area contributed by atoms with Gasteiger partial charge in [0.15, 0.2) is 14.3 Å². The van der Waals surface area contributed by atoms with Crippen molar-refractivity contribution in [3.05, 3.63) is 192 Å². The molecule has 0 atom stereocenters. The lowest BCUT2D eigenvalue weighted by Gasteiger charge is -2.26. The van der Waals surface area contributed by atoms with Crippen molar-refractivity contribution in [1.82, 2.24) is 0 Å². The Balaban J connectivity index is 1.18. The molecule has 7 aromatic carbocycles.